The summed E-state index contributed by atoms with van der Waals surface area (Å²) in [5.41, 5.74) is 2.52. The van der Waals surface area contributed by atoms with Gasteiger partial charge in [-0.2, -0.15) is 0 Å². The summed E-state index contributed by atoms with van der Waals surface area (Å²) < 4.78 is 5.67. The van der Waals surface area contributed by atoms with Crippen molar-refractivity contribution in [1.82, 2.24) is 5.32 Å². The van der Waals surface area contributed by atoms with E-state index in [1.807, 2.05) is 50.2 Å². The average molecular weight is 299 g/mol. The Hall–Kier alpha value is -2.33. The Labute approximate surface area is 130 Å². The highest BCUT2D eigenvalue weighted by molar-refractivity contribution is 5.87. The van der Waals surface area contributed by atoms with Crippen LogP contribution in [0.1, 0.15) is 35.3 Å². The molecule has 0 atom stereocenters. The standard InChI is InChI=1S/C18H21NO3/c1-13(2)22-17-5-3-4-15(10-17)12-19-11-14-6-8-16(9-7-14)18(20)21/h3-10,13,19H,11-12H2,1-2H3,(H,20,21). The number of carboxylic acid groups (broad SMARTS) is 1. The molecule has 0 bridgehead atoms. The fourth-order valence-corrected chi connectivity index (χ4v) is 2.12. The van der Waals surface area contributed by atoms with E-state index in [4.69, 9.17) is 9.84 Å². The lowest BCUT2D eigenvalue weighted by Gasteiger charge is -2.11. The number of ether oxygens (including phenoxy) is 1. The molecule has 4 heteroatoms. The number of carbonyl (C=O) groups is 1. The SMILES string of the molecule is CC(C)Oc1cccc(CNCc2ccc(C(=O)O)cc2)c1. The number of rotatable bonds is 7. The molecule has 22 heavy (non-hydrogen) atoms. The second-order valence-corrected chi connectivity index (χ2v) is 5.42. The van der Waals surface area contributed by atoms with Gasteiger partial charge >= 0.3 is 5.97 Å². The number of hydrogen-bond donors (Lipinski definition) is 2. The van der Waals surface area contributed by atoms with Gasteiger partial charge in [0.05, 0.1) is 11.7 Å². The van der Waals surface area contributed by atoms with Gasteiger partial charge in [0.2, 0.25) is 0 Å². The monoisotopic (exact) mass is 299 g/mol. The molecule has 0 unspecified atom stereocenters. The summed E-state index contributed by atoms with van der Waals surface area (Å²) in [4.78, 5) is 10.8. The van der Waals surface area contributed by atoms with Gasteiger partial charge < -0.3 is 15.2 Å². The van der Waals surface area contributed by atoms with Gasteiger partial charge in [-0.25, -0.2) is 4.79 Å². The second kappa shape index (κ2) is 7.61. The van der Waals surface area contributed by atoms with E-state index in [0.717, 1.165) is 23.4 Å². The Bertz CT molecular complexity index is 620. The zero-order chi connectivity index (χ0) is 15.9. The van der Waals surface area contributed by atoms with Gasteiger partial charge in [0.15, 0.2) is 0 Å². The Morgan fingerprint density at radius 1 is 1.09 bits per heavy atom. The molecule has 4 nitrogen and oxygen atoms in total. The molecule has 2 N–H and O–H groups in total. The van der Waals surface area contributed by atoms with Crippen LogP contribution < -0.4 is 10.1 Å². The van der Waals surface area contributed by atoms with Crippen LogP contribution in [0.3, 0.4) is 0 Å². The number of aromatic carboxylic acids is 1. The van der Waals surface area contributed by atoms with Crippen molar-refractivity contribution < 1.29 is 14.6 Å². The molecule has 2 aromatic carbocycles. The van der Waals surface area contributed by atoms with Gasteiger partial charge in [0.1, 0.15) is 5.75 Å². The molecule has 2 aromatic rings. The topological polar surface area (TPSA) is 58.6 Å². The van der Waals surface area contributed by atoms with Gasteiger partial charge in [0.25, 0.3) is 0 Å². The van der Waals surface area contributed by atoms with Crippen LogP contribution in [0.25, 0.3) is 0 Å². The smallest absolute Gasteiger partial charge is 0.335 e. The molecule has 2 rings (SSSR count). The summed E-state index contributed by atoms with van der Waals surface area (Å²) in [5, 5.41) is 12.2. The van der Waals surface area contributed by atoms with Crippen molar-refractivity contribution >= 4 is 5.97 Å². The molecule has 0 spiro atoms. The van der Waals surface area contributed by atoms with Gasteiger partial charge in [-0.05, 0) is 49.2 Å². The van der Waals surface area contributed by atoms with Crippen molar-refractivity contribution in [3.05, 3.63) is 65.2 Å². The molecule has 0 saturated carbocycles. The molecule has 0 aromatic heterocycles. The second-order valence-electron chi connectivity index (χ2n) is 5.42. The predicted octanol–water partition coefficient (Wildman–Crippen LogP) is 3.46. The van der Waals surface area contributed by atoms with Crippen LogP contribution in [0.15, 0.2) is 48.5 Å². The molecule has 0 fully saturated rings. The number of hydrogen-bond acceptors (Lipinski definition) is 3. The molecule has 0 radical (unpaired) electrons. The van der Waals surface area contributed by atoms with Crippen molar-refractivity contribution in [3.63, 3.8) is 0 Å². The van der Waals surface area contributed by atoms with Crippen molar-refractivity contribution in [3.8, 4) is 5.75 Å². The van der Waals surface area contributed by atoms with Crippen LogP contribution in [-0.2, 0) is 13.1 Å². The fraction of sp³-hybridized carbons (Fsp3) is 0.278. The van der Waals surface area contributed by atoms with Crippen LogP contribution >= 0.6 is 0 Å². The van der Waals surface area contributed by atoms with E-state index in [2.05, 4.69) is 5.32 Å². The van der Waals surface area contributed by atoms with E-state index in [1.165, 1.54) is 0 Å². The molecule has 0 heterocycles. The van der Waals surface area contributed by atoms with Crippen LogP contribution in [0.5, 0.6) is 5.75 Å². The molecular formula is C18H21NO3. The molecule has 0 aliphatic heterocycles. The Kier molecular flexibility index (Phi) is 5.55. The van der Waals surface area contributed by atoms with E-state index < -0.39 is 5.97 Å². The van der Waals surface area contributed by atoms with Crippen molar-refractivity contribution in [2.24, 2.45) is 0 Å². The van der Waals surface area contributed by atoms with Crippen LogP contribution in [0.2, 0.25) is 0 Å². The van der Waals surface area contributed by atoms with Crippen LogP contribution in [-0.4, -0.2) is 17.2 Å². The molecule has 0 aliphatic rings. The highest BCUT2D eigenvalue weighted by Crippen LogP contribution is 2.15. The summed E-state index contributed by atoms with van der Waals surface area (Å²) >= 11 is 0. The van der Waals surface area contributed by atoms with Crippen molar-refractivity contribution in [2.75, 3.05) is 0 Å². The summed E-state index contributed by atoms with van der Waals surface area (Å²) in [6, 6.07) is 14.9. The van der Waals surface area contributed by atoms with Crippen molar-refractivity contribution in [1.29, 1.82) is 0 Å². The minimum Gasteiger partial charge on any atom is -0.491 e. The summed E-state index contributed by atoms with van der Waals surface area (Å²) in [5.74, 6) is -0.0263. The normalized spacial score (nSPS) is 10.7. The average Bonchev–Trinajstić information content (AvgIpc) is 2.47. The van der Waals surface area contributed by atoms with Gasteiger partial charge in [-0.15, -0.1) is 0 Å². The first-order valence-corrected chi connectivity index (χ1v) is 7.33. The lowest BCUT2D eigenvalue weighted by molar-refractivity contribution is 0.0697. The highest BCUT2D eigenvalue weighted by atomic mass is 16.5. The fourth-order valence-electron chi connectivity index (χ4n) is 2.12. The lowest BCUT2D eigenvalue weighted by atomic mass is 10.1. The maximum atomic E-state index is 10.8. The summed E-state index contributed by atoms with van der Waals surface area (Å²) in [6.45, 7) is 5.43. The quantitative estimate of drug-likeness (QED) is 0.822. The zero-order valence-corrected chi connectivity index (χ0v) is 12.9. The van der Waals surface area contributed by atoms with E-state index in [0.29, 0.717) is 12.1 Å². The lowest BCUT2D eigenvalue weighted by Crippen LogP contribution is -2.13. The third-order valence-electron chi connectivity index (χ3n) is 3.13. The molecule has 0 aliphatic carbocycles. The molecular weight excluding hydrogens is 278 g/mol. The summed E-state index contributed by atoms with van der Waals surface area (Å²) in [6.07, 6.45) is 0.163. The third kappa shape index (κ3) is 4.90. The van der Waals surface area contributed by atoms with E-state index in [9.17, 15) is 4.79 Å². The molecule has 116 valence electrons. The Balaban J connectivity index is 1.86. The van der Waals surface area contributed by atoms with Gasteiger partial charge in [-0.1, -0.05) is 24.3 Å². The largest absolute Gasteiger partial charge is 0.491 e. The van der Waals surface area contributed by atoms with E-state index >= 15 is 0 Å². The Morgan fingerprint density at radius 2 is 1.77 bits per heavy atom. The predicted molar refractivity (Wildman–Crippen MR) is 86.2 cm³/mol. The minimum atomic E-state index is -0.901. The zero-order valence-electron chi connectivity index (χ0n) is 12.9. The first kappa shape index (κ1) is 16.0. The van der Waals surface area contributed by atoms with E-state index in [-0.39, 0.29) is 6.10 Å². The first-order chi connectivity index (χ1) is 10.5. The van der Waals surface area contributed by atoms with Gasteiger partial charge in [0, 0.05) is 13.1 Å². The molecule has 0 saturated heterocycles. The van der Waals surface area contributed by atoms with E-state index in [1.54, 1.807) is 12.1 Å². The van der Waals surface area contributed by atoms with Crippen molar-refractivity contribution in [2.45, 2.75) is 33.0 Å². The number of benzene rings is 2. The van der Waals surface area contributed by atoms with Crippen LogP contribution in [0.4, 0.5) is 0 Å². The number of carboxylic acids is 1. The maximum absolute atomic E-state index is 10.8. The maximum Gasteiger partial charge on any atom is 0.335 e. The highest BCUT2D eigenvalue weighted by Gasteiger charge is 2.02. The molecule has 0 amide bonds. The summed E-state index contributed by atoms with van der Waals surface area (Å²) in [7, 11) is 0. The van der Waals surface area contributed by atoms with Gasteiger partial charge in [-0.3, -0.25) is 0 Å². The third-order valence-corrected chi connectivity index (χ3v) is 3.13. The number of nitrogens with one attached hydrogen (secondary N) is 1. The first-order valence-electron chi connectivity index (χ1n) is 7.33. The Morgan fingerprint density at radius 3 is 2.41 bits per heavy atom. The minimum absolute atomic E-state index is 0.163. The van der Waals surface area contributed by atoms with Crippen LogP contribution in [0, 0.1) is 0 Å².